The van der Waals surface area contributed by atoms with Gasteiger partial charge in [-0.15, -0.1) is 0 Å². The van der Waals surface area contributed by atoms with Gasteiger partial charge in [-0.25, -0.2) is 0 Å². The predicted octanol–water partition coefficient (Wildman–Crippen LogP) is 1.44. The number of methoxy groups -OCH3 is 1. The van der Waals surface area contributed by atoms with Crippen LogP contribution in [0, 0.1) is 5.92 Å². The highest BCUT2D eigenvalue weighted by Crippen LogP contribution is 2.13. The van der Waals surface area contributed by atoms with Gasteiger partial charge in [0.05, 0.1) is 33.3 Å². The first-order chi connectivity index (χ1) is 14.0. The summed E-state index contributed by atoms with van der Waals surface area (Å²) in [4.78, 5) is 29.2. The molecule has 0 spiro atoms. The van der Waals surface area contributed by atoms with E-state index in [0.29, 0.717) is 11.3 Å². The van der Waals surface area contributed by atoms with Gasteiger partial charge in [-0.2, -0.15) is 11.3 Å². The molecule has 1 aromatic heterocycles. The molecule has 1 saturated heterocycles. The van der Waals surface area contributed by atoms with Crippen molar-refractivity contribution in [3.8, 4) is 5.75 Å². The standard InChI is InChI=1S/C22H29N3O3S/c1-16(2)20(23-21(26)18-4-6-19(28-3)7-5-18)22(27)25-11-9-24(10-12-25)14-17-8-13-29-15-17/h4-8,13,15-16,20H,9-12,14H2,1-3H3,(H,23,26)/p+1/t20-/m0/s1. The van der Waals surface area contributed by atoms with Crippen molar-refractivity contribution in [1.82, 2.24) is 10.2 Å². The molecule has 1 aliphatic heterocycles. The Morgan fingerprint density at radius 3 is 2.41 bits per heavy atom. The SMILES string of the molecule is COc1ccc(C(=O)N[C@H](C(=O)N2CC[NH+](Cc3ccsc3)CC2)C(C)C)cc1. The molecule has 6 nitrogen and oxygen atoms in total. The van der Waals surface area contributed by atoms with E-state index in [1.165, 1.54) is 10.5 Å². The van der Waals surface area contributed by atoms with Gasteiger partial charge < -0.3 is 19.9 Å². The number of ether oxygens (including phenoxy) is 1. The molecular formula is C22H30N3O3S+. The quantitative estimate of drug-likeness (QED) is 0.718. The number of hydrogen-bond acceptors (Lipinski definition) is 4. The van der Waals surface area contributed by atoms with Crippen LogP contribution in [0.15, 0.2) is 41.1 Å². The number of benzene rings is 1. The van der Waals surface area contributed by atoms with Crippen molar-refractivity contribution in [2.45, 2.75) is 26.4 Å². The van der Waals surface area contributed by atoms with Gasteiger partial charge in [0, 0.05) is 11.1 Å². The summed E-state index contributed by atoms with van der Waals surface area (Å²) < 4.78 is 5.13. The van der Waals surface area contributed by atoms with Crippen LogP contribution < -0.4 is 15.0 Å². The topological polar surface area (TPSA) is 63.1 Å². The van der Waals surface area contributed by atoms with Gasteiger partial charge in [0.15, 0.2) is 0 Å². The maximum absolute atomic E-state index is 13.1. The summed E-state index contributed by atoms with van der Waals surface area (Å²) >= 11 is 1.72. The highest BCUT2D eigenvalue weighted by atomic mass is 32.1. The van der Waals surface area contributed by atoms with Crippen LogP contribution in [0.5, 0.6) is 5.75 Å². The number of rotatable bonds is 7. The largest absolute Gasteiger partial charge is 0.497 e. The fraction of sp³-hybridized carbons (Fsp3) is 0.455. The van der Waals surface area contributed by atoms with Crippen LogP contribution in [0.2, 0.25) is 0 Å². The second-order valence-electron chi connectivity index (χ2n) is 7.81. The number of thiophene rings is 1. The van der Waals surface area contributed by atoms with Gasteiger partial charge >= 0.3 is 0 Å². The molecule has 0 radical (unpaired) electrons. The molecule has 1 aromatic carbocycles. The minimum atomic E-state index is -0.525. The molecule has 29 heavy (non-hydrogen) atoms. The highest BCUT2D eigenvalue weighted by Gasteiger charge is 2.32. The zero-order valence-corrected chi connectivity index (χ0v) is 18.1. The number of hydrogen-bond donors (Lipinski definition) is 2. The molecule has 0 aliphatic carbocycles. The van der Waals surface area contributed by atoms with Gasteiger partial charge in [0.2, 0.25) is 5.91 Å². The van der Waals surface area contributed by atoms with Crippen LogP contribution in [-0.4, -0.2) is 56.0 Å². The molecule has 1 atom stereocenters. The molecule has 0 bridgehead atoms. The Kier molecular flexibility index (Phi) is 7.28. The van der Waals surface area contributed by atoms with E-state index in [9.17, 15) is 9.59 Å². The van der Waals surface area contributed by atoms with E-state index < -0.39 is 6.04 Å². The van der Waals surface area contributed by atoms with Gasteiger partial charge in [-0.3, -0.25) is 9.59 Å². The van der Waals surface area contributed by atoms with Gasteiger partial charge in [-0.1, -0.05) is 13.8 Å². The number of carbonyl (C=O) groups excluding carboxylic acids is 2. The number of amides is 2. The molecule has 0 saturated carbocycles. The number of carbonyl (C=O) groups is 2. The summed E-state index contributed by atoms with van der Waals surface area (Å²) in [6.45, 7) is 8.24. The van der Waals surface area contributed by atoms with Crippen LogP contribution >= 0.6 is 11.3 Å². The number of quaternary nitrogens is 1. The van der Waals surface area contributed by atoms with Gasteiger partial charge in [-0.05, 0) is 47.0 Å². The molecule has 7 heteroatoms. The summed E-state index contributed by atoms with van der Waals surface area (Å²) in [6.07, 6.45) is 0. The molecule has 2 aromatic rings. The maximum Gasteiger partial charge on any atom is 0.251 e. The lowest BCUT2D eigenvalue weighted by Gasteiger charge is -2.35. The van der Waals surface area contributed by atoms with Crippen LogP contribution in [-0.2, 0) is 11.3 Å². The molecule has 3 rings (SSSR count). The lowest BCUT2D eigenvalue weighted by atomic mass is 10.0. The molecule has 2 amide bonds. The molecule has 2 heterocycles. The van der Waals surface area contributed by atoms with E-state index in [4.69, 9.17) is 4.74 Å². The summed E-state index contributed by atoms with van der Waals surface area (Å²) in [5.41, 5.74) is 1.88. The third kappa shape index (κ3) is 5.58. The number of nitrogens with zero attached hydrogens (tertiary/aromatic N) is 1. The summed E-state index contributed by atoms with van der Waals surface area (Å²) in [6, 6.07) is 8.56. The maximum atomic E-state index is 13.1. The van der Waals surface area contributed by atoms with E-state index >= 15 is 0 Å². The average molecular weight is 417 g/mol. The third-order valence-corrected chi connectivity index (χ3v) is 6.12. The predicted molar refractivity (Wildman–Crippen MR) is 114 cm³/mol. The fourth-order valence-corrected chi connectivity index (χ4v) is 4.25. The highest BCUT2D eigenvalue weighted by molar-refractivity contribution is 7.07. The van der Waals surface area contributed by atoms with E-state index in [1.807, 2.05) is 18.7 Å². The van der Waals surface area contributed by atoms with Crippen LogP contribution in [0.25, 0.3) is 0 Å². The van der Waals surface area contributed by atoms with E-state index in [2.05, 4.69) is 22.1 Å². The molecular weight excluding hydrogens is 386 g/mol. The second kappa shape index (κ2) is 9.89. The van der Waals surface area contributed by atoms with Crippen LogP contribution in [0.3, 0.4) is 0 Å². The summed E-state index contributed by atoms with van der Waals surface area (Å²) in [5.74, 6) is 0.486. The van der Waals surface area contributed by atoms with Crippen molar-refractivity contribution in [1.29, 1.82) is 0 Å². The summed E-state index contributed by atoms with van der Waals surface area (Å²) in [5, 5.41) is 7.23. The van der Waals surface area contributed by atoms with E-state index in [1.54, 1.807) is 42.7 Å². The van der Waals surface area contributed by atoms with Gasteiger partial charge in [0.1, 0.15) is 18.3 Å². The minimum absolute atomic E-state index is 0.0106. The van der Waals surface area contributed by atoms with Crippen molar-refractivity contribution in [2.24, 2.45) is 5.92 Å². The fourth-order valence-electron chi connectivity index (χ4n) is 3.58. The second-order valence-corrected chi connectivity index (χ2v) is 8.59. The molecule has 0 unspecified atom stereocenters. The average Bonchev–Trinajstić information content (AvgIpc) is 3.25. The molecule has 2 N–H and O–H groups in total. The van der Waals surface area contributed by atoms with Gasteiger partial charge in [0.25, 0.3) is 5.91 Å². The lowest BCUT2D eigenvalue weighted by Crippen LogP contribution is -3.13. The lowest BCUT2D eigenvalue weighted by molar-refractivity contribution is -0.917. The Morgan fingerprint density at radius 1 is 1.17 bits per heavy atom. The van der Waals surface area contributed by atoms with Crippen molar-refractivity contribution in [3.63, 3.8) is 0 Å². The first-order valence-corrected chi connectivity index (χ1v) is 11.0. The summed E-state index contributed by atoms with van der Waals surface area (Å²) in [7, 11) is 1.59. The third-order valence-electron chi connectivity index (χ3n) is 5.39. The number of piperazine rings is 1. The van der Waals surface area contributed by atoms with Crippen molar-refractivity contribution in [2.75, 3.05) is 33.3 Å². The zero-order valence-electron chi connectivity index (χ0n) is 17.3. The smallest absolute Gasteiger partial charge is 0.251 e. The minimum Gasteiger partial charge on any atom is -0.497 e. The Labute approximate surface area is 176 Å². The molecule has 156 valence electrons. The Morgan fingerprint density at radius 2 is 1.86 bits per heavy atom. The zero-order chi connectivity index (χ0) is 20.8. The van der Waals surface area contributed by atoms with E-state index in [0.717, 1.165) is 32.7 Å². The Hall–Kier alpha value is -2.38. The van der Waals surface area contributed by atoms with Crippen LogP contribution in [0.1, 0.15) is 29.8 Å². The van der Waals surface area contributed by atoms with Crippen molar-refractivity contribution < 1.29 is 19.2 Å². The Bertz CT molecular complexity index is 797. The number of nitrogens with one attached hydrogen (secondary N) is 2. The first kappa shape index (κ1) is 21.3. The van der Waals surface area contributed by atoms with E-state index in [-0.39, 0.29) is 17.7 Å². The first-order valence-electron chi connectivity index (χ1n) is 10.1. The monoisotopic (exact) mass is 416 g/mol. The normalized spacial score (nSPS) is 15.9. The van der Waals surface area contributed by atoms with Crippen molar-refractivity contribution in [3.05, 3.63) is 52.2 Å². The molecule has 1 aliphatic rings. The molecule has 1 fully saturated rings. The van der Waals surface area contributed by atoms with Crippen molar-refractivity contribution >= 4 is 23.2 Å². The Balaban J connectivity index is 1.57. The van der Waals surface area contributed by atoms with Crippen LogP contribution in [0.4, 0.5) is 0 Å².